The van der Waals surface area contributed by atoms with Gasteiger partial charge in [-0.1, -0.05) is 61.6 Å². The van der Waals surface area contributed by atoms with Crippen LogP contribution in [0, 0.1) is 11.8 Å². The zero-order valence-corrected chi connectivity index (χ0v) is 31.1. The molecular formula is C24H42F3N2O7PY2. The summed E-state index contributed by atoms with van der Waals surface area (Å²) in [6.45, 7) is 16.1. The maximum absolute atomic E-state index is 12.6. The van der Waals surface area contributed by atoms with E-state index in [-0.39, 0.29) is 77.4 Å². The number of nitrogens with one attached hydrogen (secondary N) is 1. The van der Waals surface area contributed by atoms with Crippen LogP contribution in [0.4, 0.5) is 13.2 Å². The molecule has 39 heavy (non-hydrogen) atoms. The van der Waals surface area contributed by atoms with Crippen molar-refractivity contribution in [3.05, 3.63) is 32.6 Å². The van der Waals surface area contributed by atoms with E-state index in [0.29, 0.717) is 18.8 Å². The van der Waals surface area contributed by atoms with Gasteiger partial charge in [0.1, 0.15) is 6.23 Å². The number of aromatic amines is 1. The van der Waals surface area contributed by atoms with E-state index in [2.05, 4.69) is 25.6 Å². The normalized spacial score (nSPS) is 17.9. The number of rotatable bonds is 7. The predicted octanol–water partition coefficient (Wildman–Crippen LogP) is 4.75. The molecule has 0 aromatic carbocycles. The van der Waals surface area contributed by atoms with Crippen LogP contribution in [-0.2, 0) is 89.2 Å². The van der Waals surface area contributed by atoms with E-state index in [0.717, 1.165) is 24.3 Å². The van der Waals surface area contributed by atoms with E-state index in [1.54, 1.807) is 0 Å². The minimum absolute atomic E-state index is 0. The number of carbonyl (C=O) groups is 2. The van der Waals surface area contributed by atoms with Gasteiger partial charge in [0.2, 0.25) is 6.10 Å². The summed E-state index contributed by atoms with van der Waals surface area (Å²) in [5, 5.41) is 0. The van der Waals surface area contributed by atoms with Crippen molar-refractivity contribution in [2.45, 2.75) is 92.3 Å². The molecule has 1 aromatic heterocycles. The number of hydrogen-bond donors (Lipinski definition) is 1. The molecule has 1 aromatic rings. The molecule has 1 N–H and O–H groups in total. The quantitative estimate of drug-likeness (QED) is 0.318. The van der Waals surface area contributed by atoms with Crippen LogP contribution in [0.15, 0.2) is 15.8 Å². The van der Waals surface area contributed by atoms with Crippen molar-refractivity contribution in [3.63, 3.8) is 0 Å². The van der Waals surface area contributed by atoms with E-state index in [1.807, 2.05) is 53.2 Å². The Bertz CT molecular complexity index is 946. The second kappa shape index (κ2) is 23.6. The summed E-state index contributed by atoms with van der Waals surface area (Å²) in [5.74, 6) is -3.55. The van der Waals surface area contributed by atoms with Crippen LogP contribution >= 0.6 is 9.24 Å². The molecule has 0 spiro atoms. The van der Waals surface area contributed by atoms with Crippen molar-refractivity contribution in [1.29, 1.82) is 0 Å². The number of esters is 2. The van der Waals surface area contributed by atoms with Gasteiger partial charge in [-0.15, -0.1) is 9.24 Å². The maximum atomic E-state index is 12.6. The SMILES string of the molecule is CC.CC.CCC(C)C(C)C1CC[C@H](n2cc(C(OC(=O)C(F)(F)F)C(=O)OC)c(=O)[nH]c2=O)O1.CP.[Y].[Y]. The van der Waals surface area contributed by atoms with Crippen molar-refractivity contribution < 1.29 is 102 Å². The van der Waals surface area contributed by atoms with Crippen LogP contribution in [0.2, 0.25) is 0 Å². The molecule has 5 unspecified atom stereocenters. The zero-order valence-electron chi connectivity index (χ0n) is 24.3. The Hall–Kier alpha value is 0.00779. The first kappa shape index (κ1) is 46.0. The molecule has 2 heterocycles. The fraction of sp³-hybridized carbons (Fsp3) is 0.750. The van der Waals surface area contributed by atoms with Crippen LogP contribution in [0.5, 0.6) is 0 Å². The Morgan fingerprint density at radius 1 is 1.13 bits per heavy atom. The Labute approximate surface area is 281 Å². The van der Waals surface area contributed by atoms with Gasteiger partial charge in [-0.05, 0) is 24.7 Å². The number of aromatic nitrogens is 2. The minimum Gasteiger partial charge on any atom is -0.466 e. The van der Waals surface area contributed by atoms with Gasteiger partial charge in [0.05, 0.1) is 18.8 Å². The number of ether oxygens (including phenoxy) is 3. The predicted molar refractivity (Wildman–Crippen MR) is 138 cm³/mol. The van der Waals surface area contributed by atoms with E-state index < -0.39 is 47.3 Å². The summed E-state index contributed by atoms with van der Waals surface area (Å²) < 4.78 is 53.3. The van der Waals surface area contributed by atoms with Gasteiger partial charge in [0.25, 0.3) is 5.56 Å². The molecule has 0 saturated carbocycles. The van der Waals surface area contributed by atoms with Gasteiger partial charge in [0.15, 0.2) is 0 Å². The van der Waals surface area contributed by atoms with Crippen molar-refractivity contribution in [2.75, 3.05) is 13.8 Å². The topological polar surface area (TPSA) is 117 Å². The minimum atomic E-state index is -5.40. The molecule has 0 bridgehead atoms. The summed E-state index contributed by atoms with van der Waals surface area (Å²) in [6, 6.07) is 0. The molecule has 6 atom stereocenters. The molecule has 2 radical (unpaired) electrons. The van der Waals surface area contributed by atoms with Crippen molar-refractivity contribution in [1.82, 2.24) is 9.55 Å². The molecule has 9 nitrogen and oxygen atoms in total. The first-order chi connectivity index (χ1) is 17.4. The number of nitrogens with zero attached hydrogens (tertiary/aromatic N) is 1. The molecule has 2 rings (SSSR count). The Morgan fingerprint density at radius 3 is 2.08 bits per heavy atom. The molecule has 1 aliphatic heterocycles. The van der Waals surface area contributed by atoms with Crippen LogP contribution in [0.3, 0.4) is 0 Å². The molecule has 0 amide bonds. The molecule has 1 aliphatic rings. The number of alkyl halides is 3. The number of H-pyrrole nitrogens is 1. The Kier molecular flexibility index (Phi) is 27.8. The summed E-state index contributed by atoms with van der Waals surface area (Å²) in [5.41, 5.74) is -2.75. The average molecular weight is 736 g/mol. The molecular weight excluding hydrogens is 694 g/mol. The summed E-state index contributed by atoms with van der Waals surface area (Å²) in [4.78, 5) is 49.6. The van der Waals surface area contributed by atoms with Gasteiger partial charge in [-0.25, -0.2) is 14.4 Å². The second-order valence-corrected chi connectivity index (χ2v) is 7.51. The summed E-state index contributed by atoms with van der Waals surface area (Å²) >= 11 is 0. The first-order valence-electron chi connectivity index (χ1n) is 12.3. The third-order valence-corrected chi connectivity index (χ3v) is 5.62. The van der Waals surface area contributed by atoms with E-state index >= 15 is 0 Å². The third-order valence-electron chi connectivity index (χ3n) is 5.62. The number of halogens is 3. The standard InChI is InChI=1S/C19H25F3N2O7.2C2H6.CH5P.2Y/c1-5-9(2)10(3)12-6-7-13(30-12)24-8-11(15(25)23-18(24)28)14(16(26)29-4)31-17(27)19(20,21)22;3*1-2;;/h8-10,12-14H,5-7H2,1-4H3,(H,23,25,28);2*1-2H3;2H2,1H3;;/t9?,10?,12?,13-,14?;;;;;/m1...../s1. The monoisotopic (exact) mass is 736 g/mol. The average Bonchev–Trinajstić information content (AvgIpc) is 3.39. The van der Waals surface area contributed by atoms with E-state index in [9.17, 15) is 32.3 Å². The summed E-state index contributed by atoms with van der Waals surface area (Å²) in [7, 11) is 3.27. The van der Waals surface area contributed by atoms with Crippen molar-refractivity contribution >= 4 is 21.2 Å². The Balaban J connectivity index is -0.000000714. The molecule has 0 aliphatic carbocycles. The molecule has 222 valence electrons. The van der Waals surface area contributed by atoms with Crippen LogP contribution in [0.1, 0.15) is 85.6 Å². The van der Waals surface area contributed by atoms with E-state index in [1.165, 1.54) is 0 Å². The fourth-order valence-electron chi connectivity index (χ4n) is 3.40. The molecule has 15 heteroatoms. The van der Waals surface area contributed by atoms with Gasteiger partial charge in [0, 0.05) is 71.6 Å². The third kappa shape index (κ3) is 14.2. The van der Waals surface area contributed by atoms with Crippen molar-refractivity contribution in [2.24, 2.45) is 11.8 Å². The number of methoxy groups -OCH3 is 1. The van der Waals surface area contributed by atoms with Gasteiger partial charge in [-0.2, -0.15) is 13.2 Å². The van der Waals surface area contributed by atoms with Crippen LogP contribution < -0.4 is 11.2 Å². The largest absolute Gasteiger partial charge is 0.490 e. The first-order valence-corrected chi connectivity index (χ1v) is 13.5. The Morgan fingerprint density at radius 2 is 1.64 bits per heavy atom. The van der Waals surface area contributed by atoms with E-state index in [4.69, 9.17) is 4.74 Å². The number of carbonyl (C=O) groups excluding carboxylic acids is 2. The van der Waals surface area contributed by atoms with Crippen molar-refractivity contribution in [3.8, 4) is 0 Å². The molecule has 1 saturated heterocycles. The fourth-order valence-corrected chi connectivity index (χ4v) is 3.40. The van der Waals surface area contributed by atoms with Gasteiger partial charge in [-0.3, -0.25) is 14.3 Å². The number of hydrogen-bond acceptors (Lipinski definition) is 7. The second-order valence-electron chi connectivity index (χ2n) is 7.51. The maximum Gasteiger partial charge on any atom is 0.490 e. The van der Waals surface area contributed by atoms with Crippen LogP contribution in [0.25, 0.3) is 0 Å². The summed E-state index contributed by atoms with van der Waals surface area (Å²) in [6.07, 6.45) is -5.86. The van der Waals surface area contributed by atoms with Crippen LogP contribution in [-0.4, -0.2) is 47.5 Å². The van der Waals surface area contributed by atoms with Gasteiger partial charge < -0.3 is 14.2 Å². The smallest absolute Gasteiger partial charge is 0.466 e. The zero-order chi connectivity index (χ0) is 29.5. The van der Waals surface area contributed by atoms with Gasteiger partial charge >= 0.3 is 23.8 Å². The molecule has 1 fully saturated rings.